The van der Waals surface area contributed by atoms with Gasteiger partial charge in [-0.1, -0.05) is 12.1 Å². The van der Waals surface area contributed by atoms with Crippen LogP contribution in [0.3, 0.4) is 0 Å². The second kappa shape index (κ2) is 8.69. The van der Waals surface area contributed by atoms with E-state index in [1.54, 1.807) is 19.2 Å². The molecule has 2 N–H and O–H groups in total. The molecule has 0 bridgehead atoms. The Labute approximate surface area is 140 Å². The van der Waals surface area contributed by atoms with Gasteiger partial charge < -0.3 is 20.1 Å². The summed E-state index contributed by atoms with van der Waals surface area (Å²) < 4.78 is 41.8. The molecule has 1 aromatic rings. The van der Waals surface area contributed by atoms with Gasteiger partial charge in [-0.2, -0.15) is 13.2 Å². The smallest absolute Gasteiger partial charge is 0.390 e. The summed E-state index contributed by atoms with van der Waals surface area (Å²) in [5.74, 6) is 0.741. The Balaban J connectivity index is 1.68. The first-order valence-electron chi connectivity index (χ1n) is 8.22. The summed E-state index contributed by atoms with van der Waals surface area (Å²) in [6.07, 6.45) is -3.85. The van der Waals surface area contributed by atoms with Gasteiger partial charge in [0, 0.05) is 19.1 Å². The molecule has 24 heavy (non-hydrogen) atoms. The SMILES string of the molecule is COc1ccc(C(O)CNC2CCN(CCC(F)(F)F)CC2)cc1. The molecule has 1 atom stereocenters. The summed E-state index contributed by atoms with van der Waals surface area (Å²) >= 11 is 0. The van der Waals surface area contributed by atoms with Crippen LogP contribution in [0.25, 0.3) is 0 Å². The van der Waals surface area contributed by atoms with Crippen molar-refractivity contribution >= 4 is 0 Å². The summed E-state index contributed by atoms with van der Waals surface area (Å²) in [5.41, 5.74) is 0.811. The topological polar surface area (TPSA) is 44.7 Å². The van der Waals surface area contributed by atoms with Gasteiger partial charge in [0.05, 0.1) is 19.6 Å². The van der Waals surface area contributed by atoms with Crippen molar-refractivity contribution in [2.75, 3.05) is 33.3 Å². The average molecular weight is 346 g/mol. The molecule has 0 aromatic heterocycles. The van der Waals surface area contributed by atoms with Crippen molar-refractivity contribution in [1.82, 2.24) is 10.2 Å². The van der Waals surface area contributed by atoms with Crippen molar-refractivity contribution in [2.45, 2.75) is 37.6 Å². The van der Waals surface area contributed by atoms with Crippen LogP contribution in [0, 0.1) is 0 Å². The standard InChI is InChI=1S/C17H25F3N2O2/c1-24-15-4-2-13(3-5-15)16(23)12-21-14-6-9-22(10-7-14)11-8-17(18,19)20/h2-5,14,16,21,23H,6-12H2,1H3. The molecule has 1 aliphatic rings. The van der Waals surface area contributed by atoms with Gasteiger partial charge in [0.1, 0.15) is 5.75 Å². The van der Waals surface area contributed by atoms with Gasteiger partial charge in [0.2, 0.25) is 0 Å². The van der Waals surface area contributed by atoms with Crippen LogP contribution in [-0.2, 0) is 0 Å². The van der Waals surface area contributed by atoms with Gasteiger partial charge in [-0.25, -0.2) is 0 Å². The number of rotatable bonds is 7. The Hall–Kier alpha value is -1.31. The fraction of sp³-hybridized carbons (Fsp3) is 0.647. The van der Waals surface area contributed by atoms with Crippen LogP contribution in [0.15, 0.2) is 24.3 Å². The van der Waals surface area contributed by atoms with Crippen LogP contribution in [0.1, 0.15) is 30.9 Å². The molecule has 0 saturated carbocycles. The van der Waals surface area contributed by atoms with E-state index >= 15 is 0 Å². The second-order valence-electron chi connectivity index (χ2n) is 6.18. The van der Waals surface area contributed by atoms with Crippen molar-refractivity contribution in [3.05, 3.63) is 29.8 Å². The first kappa shape index (κ1) is 19.0. The molecular formula is C17H25F3N2O2. The lowest BCUT2D eigenvalue weighted by Gasteiger charge is -2.33. The van der Waals surface area contributed by atoms with E-state index in [0.717, 1.165) is 24.2 Å². The average Bonchev–Trinajstić information content (AvgIpc) is 2.58. The summed E-state index contributed by atoms with van der Waals surface area (Å²) in [4.78, 5) is 1.85. The molecule has 0 aliphatic carbocycles. The Morgan fingerprint density at radius 2 is 1.88 bits per heavy atom. The minimum absolute atomic E-state index is 0.0741. The number of alkyl halides is 3. The Kier molecular flexibility index (Phi) is 6.89. The summed E-state index contributed by atoms with van der Waals surface area (Å²) in [6.45, 7) is 1.82. The highest BCUT2D eigenvalue weighted by Gasteiger charge is 2.29. The number of piperidine rings is 1. The molecule has 0 radical (unpaired) electrons. The molecule has 1 aliphatic heterocycles. The minimum Gasteiger partial charge on any atom is -0.497 e. The quantitative estimate of drug-likeness (QED) is 0.797. The largest absolute Gasteiger partial charge is 0.497 e. The zero-order valence-electron chi connectivity index (χ0n) is 13.9. The van der Waals surface area contributed by atoms with Crippen LogP contribution in [0.5, 0.6) is 5.75 Å². The molecular weight excluding hydrogens is 321 g/mol. The Morgan fingerprint density at radius 3 is 2.42 bits per heavy atom. The zero-order chi connectivity index (χ0) is 17.6. The van der Waals surface area contributed by atoms with E-state index in [4.69, 9.17) is 4.74 Å². The van der Waals surface area contributed by atoms with Crippen molar-refractivity contribution in [3.63, 3.8) is 0 Å². The normalized spacial score (nSPS) is 18.5. The van der Waals surface area contributed by atoms with Crippen molar-refractivity contribution < 1.29 is 23.0 Å². The lowest BCUT2D eigenvalue weighted by Crippen LogP contribution is -2.44. The molecule has 1 fully saturated rings. The third-order valence-corrected chi connectivity index (χ3v) is 4.40. The van der Waals surface area contributed by atoms with Crippen molar-refractivity contribution in [3.8, 4) is 5.75 Å². The van der Waals surface area contributed by atoms with E-state index in [-0.39, 0.29) is 12.6 Å². The maximum Gasteiger partial charge on any atom is 0.390 e. The molecule has 1 saturated heterocycles. The number of halogens is 3. The lowest BCUT2D eigenvalue weighted by atomic mass is 10.0. The molecule has 0 spiro atoms. The van der Waals surface area contributed by atoms with E-state index in [1.165, 1.54) is 0 Å². The van der Waals surface area contributed by atoms with Gasteiger partial charge in [-0.05, 0) is 43.6 Å². The van der Waals surface area contributed by atoms with Crippen molar-refractivity contribution in [2.24, 2.45) is 0 Å². The number of ether oxygens (including phenoxy) is 1. The number of benzene rings is 1. The molecule has 2 rings (SSSR count). The monoisotopic (exact) mass is 346 g/mol. The number of aliphatic hydroxyl groups is 1. The number of hydrogen-bond donors (Lipinski definition) is 2. The number of nitrogens with zero attached hydrogens (tertiary/aromatic N) is 1. The van der Waals surface area contributed by atoms with Crippen LogP contribution in [0.2, 0.25) is 0 Å². The molecule has 7 heteroatoms. The Morgan fingerprint density at radius 1 is 1.25 bits per heavy atom. The highest BCUT2D eigenvalue weighted by atomic mass is 19.4. The van der Waals surface area contributed by atoms with E-state index in [2.05, 4.69) is 5.32 Å². The predicted molar refractivity (Wildman–Crippen MR) is 86.1 cm³/mol. The van der Waals surface area contributed by atoms with Gasteiger partial charge in [0.25, 0.3) is 0 Å². The van der Waals surface area contributed by atoms with Crippen LogP contribution in [-0.4, -0.2) is 55.5 Å². The highest BCUT2D eigenvalue weighted by Crippen LogP contribution is 2.21. The van der Waals surface area contributed by atoms with E-state index in [1.807, 2.05) is 17.0 Å². The number of likely N-dealkylation sites (tertiary alicyclic amines) is 1. The zero-order valence-corrected chi connectivity index (χ0v) is 13.9. The maximum absolute atomic E-state index is 12.2. The van der Waals surface area contributed by atoms with Gasteiger partial charge >= 0.3 is 6.18 Å². The van der Waals surface area contributed by atoms with Crippen LogP contribution >= 0.6 is 0 Å². The summed E-state index contributed by atoms with van der Waals surface area (Å²) in [6, 6.07) is 7.49. The van der Waals surface area contributed by atoms with E-state index in [9.17, 15) is 18.3 Å². The molecule has 1 aromatic carbocycles. The van der Waals surface area contributed by atoms with E-state index < -0.39 is 18.7 Å². The Bertz CT molecular complexity index is 486. The highest BCUT2D eigenvalue weighted by molar-refractivity contribution is 5.28. The minimum atomic E-state index is -4.09. The second-order valence-corrected chi connectivity index (χ2v) is 6.18. The van der Waals surface area contributed by atoms with Gasteiger partial charge in [0.15, 0.2) is 0 Å². The van der Waals surface area contributed by atoms with Gasteiger partial charge in [-0.15, -0.1) is 0 Å². The number of aliphatic hydroxyl groups excluding tert-OH is 1. The summed E-state index contributed by atoms with van der Waals surface area (Å²) in [7, 11) is 1.59. The fourth-order valence-corrected chi connectivity index (χ4v) is 2.87. The van der Waals surface area contributed by atoms with Crippen molar-refractivity contribution in [1.29, 1.82) is 0 Å². The number of nitrogens with one attached hydrogen (secondary N) is 1. The van der Waals surface area contributed by atoms with Gasteiger partial charge in [-0.3, -0.25) is 0 Å². The molecule has 0 amide bonds. The van der Waals surface area contributed by atoms with E-state index in [0.29, 0.717) is 19.6 Å². The van der Waals surface area contributed by atoms with Crippen LogP contribution in [0.4, 0.5) is 13.2 Å². The molecule has 136 valence electrons. The predicted octanol–water partition coefficient (Wildman–Crippen LogP) is 2.74. The fourth-order valence-electron chi connectivity index (χ4n) is 2.87. The number of hydrogen-bond acceptors (Lipinski definition) is 4. The molecule has 4 nitrogen and oxygen atoms in total. The first-order chi connectivity index (χ1) is 11.4. The summed E-state index contributed by atoms with van der Waals surface area (Å²) in [5, 5.41) is 13.5. The number of methoxy groups -OCH3 is 1. The maximum atomic E-state index is 12.2. The van der Waals surface area contributed by atoms with Crippen LogP contribution < -0.4 is 10.1 Å². The first-order valence-corrected chi connectivity index (χ1v) is 8.22. The molecule has 1 heterocycles. The third kappa shape index (κ3) is 6.30. The molecule has 1 unspecified atom stereocenters. The lowest BCUT2D eigenvalue weighted by molar-refractivity contribution is -0.138. The third-order valence-electron chi connectivity index (χ3n) is 4.40.